The zero-order valence-electron chi connectivity index (χ0n) is 12.4. The number of aryl methyl sites for hydroxylation is 2. The molecule has 21 heavy (non-hydrogen) atoms. The van der Waals surface area contributed by atoms with Crippen molar-refractivity contribution in [2.75, 3.05) is 5.32 Å². The van der Waals surface area contributed by atoms with E-state index in [2.05, 4.69) is 10.5 Å². The van der Waals surface area contributed by atoms with Gasteiger partial charge in [0.25, 0.3) is 5.91 Å². The fourth-order valence-corrected chi connectivity index (χ4v) is 2.44. The predicted octanol–water partition coefficient (Wildman–Crippen LogP) is 3.44. The first-order chi connectivity index (χ1) is 9.99. The Kier molecular flexibility index (Phi) is 3.20. The van der Waals surface area contributed by atoms with Crippen molar-refractivity contribution in [3.63, 3.8) is 0 Å². The molecule has 1 aliphatic rings. The molecule has 110 valence electrons. The van der Waals surface area contributed by atoms with Crippen LogP contribution in [0.4, 0.5) is 5.69 Å². The molecule has 0 unspecified atom stereocenters. The zero-order valence-corrected chi connectivity index (χ0v) is 12.4. The topological polar surface area (TPSA) is 75.4 Å². The largest absolute Gasteiger partial charge is 0.507 e. The molecule has 0 bridgehead atoms. The van der Waals surface area contributed by atoms with Gasteiger partial charge in [-0.05, 0) is 45.2 Å². The third-order valence-electron chi connectivity index (χ3n) is 3.95. The van der Waals surface area contributed by atoms with E-state index in [9.17, 15) is 9.90 Å². The van der Waals surface area contributed by atoms with E-state index in [0.717, 1.165) is 18.4 Å². The van der Waals surface area contributed by atoms with E-state index >= 15 is 0 Å². The van der Waals surface area contributed by atoms with E-state index in [1.54, 1.807) is 26.0 Å². The summed E-state index contributed by atoms with van der Waals surface area (Å²) in [5, 5.41) is 16.7. The van der Waals surface area contributed by atoms with Crippen LogP contribution >= 0.6 is 0 Å². The number of carbonyl (C=O) groups is 1. The number of benzene rings is 1. The number of rotatable bonds is 3. The van der Waals surface area contributed by atoms with Crippen molar-refractivity contribution in [1.29, 1.82) is 0 Å². The second-order valence-corrected chi connectivity index (χ2v) is 5.64. The van der Waals surface area contributed by atoms with Gasteiger partial charge in [-0.15, -0.1) is 0 Å². The maximum atomic E-state index is 12.5. The Morgan fingerprint density at radius 2 is 2.05 bits per heavy atom. The molecule has 5 heteroatoms. The molecule has 0 radical (unpaired) electrons. The normalized spacial score (nSPS) is 14.2. The summed E-state index contributed by atoms with van der Waals surface area (Å²) in [6.45, 7) is 5.37. The van der Waals surface area contributed by atoms with Gasteiger partial charge in [0.05, 0.1) is 5.69 Å². The highest BCUT2D eigenvalue weighted by Crippen LogP contribution is 2.42. The summed E-state index contributed by atoms with van der Waals surface area (Å²) < 4.78 is 5.29. The number of amides is 1. The van der Waals surface area contributed by atoms with E-state index in [0.29, 0.717) is 34.2 Å². The fourth-order valence-electron chi connectivity index (χ4n) is 2.44. The number of nitrogens with one attached hydrogen (secondary N) is 1. The summed E-state index contributed by atoms with van der Waals surface area (Å²) in [6.07, 6.45) is 2.08. The fraction of sp³-hybridized carbons (Fsp3) is 0.375. The summed E-state index contributed by atoms with van der Waals surface area (Å²) >= 11 is 0. The Labute approximate surface area is 123 Å². The van der Waals surface area contributed by atoms with E-state index in [1.807, 2.05) is 6.92 Å². The minimum atomic E-state index is -0.234. The molecule has 5 nitrogen and oxygen atoms in total. The van der Waals surface area contributed by atoms with Crippen molar-refractivity contribution in [1.82, 2.24) is 5.16 Å². The standard InChI is InChI=1S/C16H18N2O3/c1-8-4-7-12(9(2)14(8)19)17-16(20)13-10(3)18-21-15(13)11-5-6-11/h4,7,11,19H,5-6H2,1-3H3,(H,17,20). The molecule has 1 aromatic heterocycles. The predicted molar refractivity (Wildman–Crippen MR) is 78.7 cm³/mol. The lowest BCUT2D eigenvalue weighted by Gasteiger charge is -2.11. The zero-order chi connectivity index (χ0) is 15.1. The van der Waals surface area contributed by atoms with E-state index in [1.165, 1.54) is 0 Å². The van der Waals surface area contributed by atoms with Crippen LogP contribution in [0.5, 0.6) is 5.75 Å². The van der Waals surface area contributed by atoms with Gasteiger partial charge < -0.3 is 14.9 Å². The molecule has 1 saturated carbocycles. The SMILES string of the molecule is Cc1ccc(NC(=O)c2c(C)noc2C2CC2)c(C)c1O. The van der Waals surface area contributed by atoms with Gasteiger partial charge in [-0.3, -0.25) is 4.79 Å². The van der Waals surface area contributed by atoms with Crippen LogP contribution in [0.2, 0.25) is 0 Å². The lowest BCUT2D eigenvalue weighted by Crippen LogP contribution is -2.15. The van der Waals surface area contributed by atoms with Crippen LogP contribution < -0.4 is 5.32 Å². The number of hydrogen-bond donors (Lipinski definition) is 2. The summed E-state index contributed by atoms with van der Waals surface area (Å²) in [5.41, 5.74) is 3.17. The molecule has 2 aromatic rings. The molecule has 1 amide bonds. The Balaban J connectivity index is 1.91. The van der Waals surface area contributed by atoms with Crippen molar-refractivity contribution < 1.29 is 14.4 Å². The monoisotopic (exact) mass is 286 g/mol. The average molecular weight is 286 g/mol. The molecule has 1 heterocycles. The number of anilines is 1. The maximum absolute atomic E-state index is 12.5. The average Bonchev–Trinajstić information content (AvgIpc) is 3.22. The highest BCUT2D eigenvalue weighted by Gasteiger charge is 2.34. The molecular formula is C16H18N2O3. The molecule has 3 rings (SSSR count). The van der Waals surface area contributed by atoms with Crippen LogP contribution in [-0.4, -0.2) is 16.2 Å². The van der Waals surface area contributed by atoms with Crippen LogP contribution in [0, 0.1) is 20.8 Å². The van der Waals surface area contributed by atoms with Crippen LogP contribution in [0.25, 0.3) is 0 Å². The Hall–Kier alpha value is -2.30. The molecule has 2 N–H and O–H groups in total. The summed E-state index contributed by atoms with van der Waals surface area (Å²) in [7, 11) is 0. The van der Waals surface area contributed by atoms with Crippen LogP contribution in [0.3, 0.4) is 0 Å². The number of aromatic hydroxyl groups is 1. The molecule has 0 spiro atoms. The lowest BCUT2D eigenvalue weighted by atomic mass is 10.1. The van der Waals surface area contributed by atoms with E-state index in [4.69, 9.17) is 4.52 Å². The van der Waals surface area contributed by atoms with Crippen molar-refractivity contribution in [3.05, 3.63) is 40.3 Å². The number of phenolic OH excluding ortho intramolecular Hbond substituents is 1. The van der Waals surface area contributed by atoms with Gasteiger partial charge in [0, 0.05) is 17.2 Å². The molecule has 0 saturated heterocycles. The number of nitrogens with zero attached hydrogens (tertiary/aromatic N) is 1. The minimum absolute atomic E-state index is 0.206. The van der Waals surface area contributed by atoms with Gasteiger partial charge >= 0.3 is 0 Å². The lowest BCUT2D eigenvalue weighted by molar-refractivity contribution is 0.102. The van der Waals surface area contributed by atoms with E-state index in [-0.39, 0.29) is 11.7 Å². The number of carbonyl (C=O) groups excluding carboxylic acids is 1. The van der Waals surface area contributed by atoms with Crippen LogP contribution in [0.1, 0.15) is 51.7 Å². The molecule has 1 aromatic carbocycles. The van der Waals surface area contributed by atoms with Crippen LogP contribution in [-0.2, 0) is 0 Å². The third-order valence-corrected chi connectivity index (χ3v) is 3.95. The van der Waals surface area contributed by atoms with Crippen LogP contribution in [0.15, 0.2) is 16.7 Å². The molecule has 0 atom stereocenters. The maximum Gasteiger partial charge on any atom is 0.261 e. The summed E-state index contributed by atoms with van der Waals surface area (Å²) in [5.74, 6) is 0.970. The first-order valence-corrected chi connectivity index (χ1v) is 7.05. The van der Waals surface area contributed by atoms with Gasteiger partial charge in [-0.1, -0.05) is 11.2 Å². The van der Waals surface area contributed by atoms with Crippen molar-refractivity contribution in [2.45, 2.75) is 39.5 Å². The summed E-state index contributed by atoms with van der Waals surface area (Å²) in [4.78, 5) is 12.5. The molecule has 1 fully saturated rings. The van der Waals surface area contributed by atoms with Gasteiger partial charge in [0.2, 0.25) is 0 Å². The molecule has 1 aliphatic carbocycles. The molecular weight excluding hydrogens is 268 g/mol. The summed E-state index contributed by atoms with van der Waals surface area (Å²) in [6, 6.07) is 3.57. The number of aromatic nitrogens is 1. The van der Waals surface area contributed by atoms with Crippen molar-refractivity contribution in [2.24, 2.45) is 0 Å². The van der Waals surface area contributed by atoms with Gasteiger partial charge in [-0.25, -0.2) is 0 Å². The van der Waals surface area contributed by atoms with Gasteiger partial charge in [-0.2, -0.15) is 0 Å². The number of phenols is 1. The third kappa shape index (κ3) is 2.39. The Morgan fingerprint density at radius 3 is 2.71 bits per heavy atom. The minimum Gasteiger partial charge on any atom is -0.507 e. The quantitative estimate of drug-likeness (QED) is 0.906. The smallest absolute Gasteiger partial charge is 0.261 e. The Bertz CT molecular complexity index is 715. The second kappa shape index (κ2) is 4.91. The first-order valence-electron chi connectivity index (χ1n) is 7.05. The first kappa shape index (κ1) is 13.7. The molecule has 0 aliphatic heterocycles. The van der Waals surface area contributed by atoms with Gasteiger partial charge in [0.15, 0.2) is 5.76 Å². The second-order valence-electron chi connectivity index (χ2n) is 5.64. The Morgan fingerprint density at radius 1 is 1.33 bits per heavy atom. The highest BCUT2D eigenvalue weighted by molar-refractivity contribution is 6.06. The van der Waals surface area contributed by atoms with Gasteiger partial charge in [0.1, 0.15) is 11.3 Å². The van der Waals surface area contributed by atoms with Crippen molar-refractivity contribution >= 4 is 11.6 Å². The number of hydrogen-bond acceptors (Lipinski definition) is 4. The van der Waals surface area contributed by atoms with Crippen molar-refractivity contribution in [3.8, 4) is 5.75 Å². The van der Waals surface area contributed by atoms with E-state index < -0.39 is 0 Å². The highest BCUT2D eigenvalue weighted by atomic mass is 16.5.